The van der Waals surface area contributed by atoms with E-state index < -0.39 is 36.6 Å². The standard InChI is InChI=1S/C21H25FN3O7P/c1-32-20-17-13(19(26)14(21(27)28)9-24(17)12-4-5-12)7-15(22)18(20)23-8-11-3-2-6-25(16(11)10-23)33(29,30)31/h7,9,11-12,16H,2-6,8,10H2,1H3,(H,27,28)(H2,29,30,31). The molecule has 1 aliphatic carbocycles. The third-order valence-electron chi connectivity index (χ3n) is 6.98. The predicted molar refractivity (Wildman–Crippen MR) is 117 cm³/mol. The van der Waals surface area contributed by atoms with Gasteiger partial charge >= 0.3 is 13.7 Å². The monoisotopic (exact) mass is 481 g/mol. The highest BCUT2D eigenvalue weighted by molar-refractivity contribution is 7.49. The van der Waals surface area contributed by atoms with Gasteiger partial charge in [0.1, 0.15) is 11.3 Å². The number of carboxylic acid groups (broad SMARTS) is 1. The lowest BCUT2D eigenvalue weighted by atomic mass is 9.94. The van der Waals surface area contributed by atoms with E-state index in [4.69, 9.17) is 4.74 Å². The minimum Gasteiger partial charge on any atom is -0.492 e. The van der Waals surface area contributed by atoms with Crippen LogP contribution in [0.1, 0.15) is 42.1 Å². The number of piperidine rings is 1. The molecule has 2 saturated heterocycles. The van der Waals surface area contributed by atoms with Crippen LogP contribution in [0.5, 0.6) is 5.75 Å². The lowest BCUT2D eigenvalue weighted by Gasteiger charge is -2.36. The number of benzene rings is 1. The molecule has 0 radical (unpaired) electrons. The average molecular weight is 481 g/mol. The molecule has 0 spiro atoms. The highest BCUT2D eigenvalue weighted by atomic mass is 31.2. The van der Waals surface area contributed by atoms with Crippen molar-refractivity contribution in [2.75, 3.05) is 31.6 Å². The summed E-state index contributed by atoms with van der Waals surface area (Å²) in [5.41, 5.74) is -0.732. The van der Waals surface area contributed by atoms with Crippen molar-refractivity contribution < 1.29 is 33.4 Å². The molecule has 2 atom stereocenters. The number of methoxy groups -OCH3 is 1. The summed E-state index contributed by atoms with van der Waals surface area (Å²) in [7, 11) is -3.08. The van der Waals surface area contributed by atoms with Gasteiger partial charge in [0.05, 0.1) is 18.0 Å². The molecule has 1 saturated carbocycles. The molecular formula is C21H25FN3O7P. The third kappa shape index (κ3) is 3.63. The first-order chi connectivity index (χ1) is 15.6. The van der Waals surface area contributed by atoms with Gasteiger partial charge < -0.3 is 29.1 Å². The van der Waals surface area contributed by atoms with E-state index in [9.17, 15) is 29.0 Å². The molecule has 1 aromatic heterocycles. The zero-order valence-electron chi connectivity index (χ0n) is 18.0. The van der Waals surface area contributed by atoms with Crippen LogP contribution >= 0.6 is 7.75 Å². The van der Waals surface area contributed by atoms with Crippen LogP contribution in [0.15, 0.2) is 17.1 Å². The highest BCUT2D eigenvalue weighted by Crippen LogP contribution is 2.50. The zero-order chi connectivity index (χ0) is 23.7. The number of aromatic carboxylic acids is 1. The van der Waals surface area contributed by atoms with Crippen LogP contribution in [0.2, 0.25) is 0 Å². The van der Waals surface area contributed by atoms with Crippen molar-refractivity contribution in [1.82, 2.24) is 9.24 Å². The molecule has 0 amide bonds. The van der Waals surface area contributed by atoms with Gasteiger partial charge in [0.15, 0.2) is 11.6 Å². The van der Waals surface area contributed by atoms with Gasteiger partial charge in [-0.25, -0.2) is 18.4 Å². The fourth-order valence-electron chi connectivity index (χ4n) is 5.39. The highest BCUT2D eigenvalue weighted by Gasteiger charge is 2.46. The lowest BCUT2D eigenvalue weighted by molar-refractivity contribution is 0.0694. The molecule has 1 aromatic carbocycles. The van der Waals surface area contributed by atoms with Gasteiger partial charge in [-0.2, -0.15) is 0 Å². The lowest BCUT2D eigenvalue weighted by Crippen LogP contribution is -2.42. The van der Waals surface area contributed by atoms with E-state index in [0.717, 1.165) is 25.3 Å². The van der Waals surface area contributed by atoms with Crippen LogP contribution in [0.25, 0.3) is 10.9 Å². The molecule has 0 bridgehead atoms. The smallest absolute Gasteiger partial charge is 0.403 e. The van der Waals surface area contributed by atoms with Crippen molar-refractivity contribution in [3.63, 3.8) is 0 Å². The van der Waals surface area contributed by atoms with Crippen LogP contribution < -0.4 is 15.1 Å². The Morgan fingerprint density at radius 3 is 2.58 bits per heavy atom. The van der Waals surface area contributed by atoms with Crippen LogP contribution in [0, 0.1) is 11.7 Å². The number of halogens is 1. The first-order valence-electron chi connectivity index (χ1n) is 10.9. The molecule has 2 aromatic rings. The first kappa shape index (κ1) is 22.3. The maximum Gasteiger partial charge on any atom is 0.403 e. The number of hydrogen-bond donors (Lipinski definition) is 3. The molecule has 33 heavy (non-hydrogen) atoms. The van der Waals surface area contributed by atoms with Gasteiger partial charge in [0.2, 0.25) is 5.43 Å². The Kier molecular flexibility index (Phi) is 5.28. The quantitative estimate of drug-likeness (QED) is 0.550. The number of nitrogens with zero attached hydrogens (tertiary/aromatic N) is 3. The van der Waals surface area contributed by atoms with Crippen molar-refractivity contribution in [1.29, 1.82) is 0 Å². The Morgan fingerprint density at radius 2 is 1.97 bits per heavy atom. The Hall–Kier alpha value is -2.46. The van der Waals surface area contributed by atoms with Gasteiger partial charge in [-0.15, -0.1) is 0 Å². The zero-order valence-corrected chi connectivity index (χ0v) is 18.9. The van der Waals surface area contributed by atoms with E-state index in [2.05, 4.69) is 0 Å². The number of pyridine rings is 1. The Bertz CT molecular complexity index is 1250. The summed E-state index contributed by atoms with van der Waals surface area (Å²) in [5.74, 6) is -2.03. The Labute approximate surface area is 188 Å². The summed E-state index contributed by atoms with van der Waals surface area (Å²) in [4.78, 5) is 45.8. The molecular weight excluding hydrogens is 456 g/mol. The predicted octanol–water partition coefficient (Wildman–Crippen LogP) is 2.18. The number of hydrogen-bond acceptors (Lipinski definition) is 5. The molecule has 12 heteroatoms. The van der Waals surface area contributed by atoms with Crippen molar-refractivity contribution >= 4 is 30.3 Å². The van der Waals surface area contributed by atoms with E-state index in [0.29, 0.717) is 18.5 Å². The summed E-state index contributed by atoms with van der Waals surface area (Å²) in [6.45, 7) is 0.867. The number of rotatable bonds is 5. The van der Waals surface area contributed by atoms with E-state index in [1.807, 2.05) is 0 Å². The molecule has 3 aliphatic rings. The number of carboxylic acids is 1. The van der Waals surface area contributed by atoms with E-state index in [-0.39, 0.29) is 41.9 Å². The summed E-state index contributed by atoms with van der Waals surface area (Å²) in [6, 6.07) is 0.618. The van der Waals surface area contributed by atoms with Crippen molar-refractivity contribution in [2.45, 2.75) is 37.8 Å². The normalized spacial score (nSPS) is 23.7. The fraction of sp³-hybridized carbons (Fsp3) is 0.524. The SMILES string of the molecule is COc1c(N2CC3CCCN(P(=O)(O)O)C3C2)c(F)cc2c(=O)c(C(=O)O)cn(C3CC3)c12. The van der Waals surface area contributed by atoms with Gasteiger partial charge in [-0.1, -0.05) is 0 Å². The van der Waals surface area contributed by atoms with Gasteiger partial charge in [0, 0.05) is 37.9 Å². The number of aromatic nitrogens is 1. The minimum atomic E-state index is -4.45. The van der Waals surface area contributed by atoms with E-state index in [1.54, 1.807) is 9.47 Å². The summed E-state index contributed by atoms with van der Waals surface area (Å²) in [5, 5.41) is 9.41. The fourth-order valence-corrected chi connectivity index (χ4v) is 6.44. The van der Waals surface area contributed by atoms with Gasteiger partial charge in [0.25, 0.3) is 0 Å². The summed E-state index contributed by atoms with van der Waals surface area (Å²) in [6.07, 6.45) is 4.31. The summed E-state index contributed by atoms with van der Waals surface area (Å²) >= 11 is 0. The number of carbonyl (C=O) groups is 1. The number of anilines is 1. The maximum atomic E-state index is 15.5. The maximum absolute atomic E-state index is 15.5. The minimum absolute atomic E-state index is 0.00952. The van der Waals surface area contributed by atoms with Crippen molar-refractivity contribution in [2.24, 2.45) is 5.92 Å². The van der Waals surface area contributed by atoms with E-state index in [1.165, 1.54) is 18.0 Å². The second kappa shape index (κ2) is 7.80. The molecule has 3 heterocycles. The second-order valence-corrected chi connectivity index (χ2v) is 10.5. The van der Waals surface area contributed by atoms with Crippen LogP contribution in [-0.4, -0.2) is 62.9 Å². The van der Waals surface area contributed by atoms with Crippen LogP contribution in [0.3, 0.4) is 0 Å². The van der Waals surface area contributed by atoms with Crippen LogP contribution in [0.4, 0.5) is 10.1 Å². The Balaban J connectivity index is 1.67. The number of ether oxygens (including phenoxy) is 1. The van der Waals surface area contributed by atoms with Crippen LogP contribution in [-0.2, 0) is 4.57 Å². The third-order valence-corrected chi connectivity index (χ3v) is 8.14. The summed E-state index contributed by atoms with van der Waals surface area (Å²) < 4.78 is 36.0. The molecule has 5 rings (SSSR count). The molecule has 10 nitrogen and oxygen atoms in total. The molecule has 2 unspecified atom stereocenters. The average Bonchev–Trinajstić information content (AvgIpc) is 3.50. The first-order valence-corrected chi connectivity index (χ1v) is 12.4. The molecule has 3 fully saturated rings. The Morgan fingerprint density at radius 1 is 1.24 bits per heavy atom. The largest absolute Gasteiger partial charge is 0.492 e. The van der Waals surface area contributed by atoms with Crippen molar-refractivity contribution in [3.05, 3.63) is 33.9 Å². The topological polar surface area (TPSA) is 133 Å². The second-order valence-electron chi connectivity index (χ2n) is 9.00. The molecule has 3 N–H and O–H groups in total. The van der Waals surface area contributed by atoms with Gasteiger partial charge in [-0.3, -0.25) is 4.79 Å². The van der Waals surface area contributed by atoms with Gasteiger partial charge in [-0.05, 0) is 37.7 Å². The molecule has 178 valence electrons. The molecule has 2 aliphatic heterocycles. The number of fused-ring (bicyclic) bond motifs is 2. The van der Waals surface area contributed by atoms with E-state index >= 15 is 4.39 Å². The van der Waals surface area contributed by atoms with Crippen molar-refractivity contribution in [3.8, 4) is 5.75 Å².